The molecule has 0 N–H and O–H groups in total. The summed E-state index contributed by atoms with van der Waals surface area (Å²) in [4.78, 5) is 0. The molecule has 0 aromatic heterocycles. The summed E-state index contributed by atoms with van der Waals surface area (Å²) in [6.07, 6.45) is 3.92. The average molecular weight is 260 g/mol. The molecule has 0 bridgehead atoms. The fraction of sp³-hybridized carbons (Fsp3) is 0.300. The van der Waals surface area contributed by atoms with Crippen molar-refractivity contribution in [3.05, 3.63) is 59.2 Å². The quantitative estimate of drug-likeness (QED) is 0.452. The molecule has 0 saturated heterocycles. The third kappa shape index (κ3) is 1.61. The molecule has 0 nitrogen and oxygen atoms in total. The zero-order valence-electron chi connectivity index (χ0n) is 12.2. The SMILES string of the molecule is Cc1cccc2c1ccc1c3c(ccc12)CCCC3C. The van der Waals surface area contributed by atoms with Gasteiger partial charge in [-0.2, -0.15) is 0 Å². The third-order valence-corrected chi connectivity index (χ3v) is 4.98. The first-order valence-corrected chi connectivity index (χ1v) is 7.69. The highest BCUT2D eigenvalue weighted by Crippen LogP contribution is 2.39. The Labute approximate surface area is 120 Å². The van der Waals surface area contributed by atoms with E-state index in [-0.39, 0.29) is 0 Å². The molecule has 1 atom stereocenters. The molecule has 0 fully saturated rings. The van der Waals surface area contributed by atoms with Crippen LogP contribution >= 0.6 is 0 Å². The van der Waals surface area contributed by atoms with Crippen LogP contribution in [0.5, 0.6) is 0 Å². The molecule has 1 aliphatic carbocycles. The Balaban J connectivity index is 2.15. The summed E-state index contributed by atoms with van der Waals surface area (Å²) in [7, 11) is 0. The first-order chi connectivity index (χ1) is 9.75. The molecule has 0 radical (unpaired) electrons. The maximum Gasteiger partial charge on any atom is -0.0102 e. The van der Waals surface area contributed by atoms with Gasteiger partial charge >= 0.3 is 0 Å². The van der Waals surface area contributed by atoms with E-state index in [0.717, 1.165) is 0 Å². The van der Waals surface area contributed by atoms with E-state index in [1.165, 1.54) is 46.4 Å². The summed E-state index contributed by atoms with van der Waals surface area (Å²) < 4.78 is 0. The maximum absolute atomic E-state index is 2.39. The van der Waals surface area contributed by atoms with E-state index < -0.39 is 0 Å². The monoisotopic (exact) mass is 260 g/mol. The molecule has 3 aromatic carbocycles. The molecular formula is C20H20. The fourth-order valence-corrected chi connectivity index (χ4v) is 3.94. The number of rotatable bonds is 0. The summed E-state index contributed by atoms with van der Waals surface area (Å²) in [6.45, 7) is 4.59. The van der Waals surface area contributed by atoms with Gasteiger partial charge < -0.3 is 0 Å². The molecule has 100 valence electrons. The Morgan fingerprint density at radius 2 is 1.60 bits per heavy atom. The Bertz CT molecular complexity index is 811. The number of fused-ring (bicyclic) bond motifs is 5. The molecule has 0 amide bonds. The van der Waals surface area contributed by atoms with Crippen LogP contribution < -0.4 is 0 Å². The lowest BCUT2D eigenvalue weighted by Crippen LogP contribution is -2.07. The highest BCUT2D eigenvalue weighted by atomic mass is 14.2. The van der Waals surface area contributed by atoms with E-state index in [9.17, 15) is 0 Å². The van der Waals surface area contributed by atoms with Gasteiger partial charge in [0.2, 0.25) is 0 Å². The molecule has 0 aliphatic heterocycles. The molecule has 0 spiro atoms. The van der Waals surface area contributed by atoms with E-state index in [1.54, 1.807) is 11.1 Å². The van der Waals surface area contributed by atoms with Crippen LogP contribution in [0.15, 0.2) is 42.5 Å². The Kier molecular flexibility index (Phi) is 2.60. The van der Waals surface area contributed by atoms with Gasteiger partial charge in [-0.05, 0) is 70.3 Å². The summed E-state index contributed by atoms with van der Waals surface area (Å²) >= 11 is 0. The van der Waals surface area contributed by atoms with Crippen molar-refractivity contribution in [2.24, 2.45) is 0 Å². The predicted octanol–water partition coefficient (Wildman–Crippen LogP) is 5.74. The van der Waals surface area contributed by atoms with Gasteiger partial charge in [0.05, 0.1) is 0 Å². The second-order valence-electron chi connectivity index (χ2n) is 6.26. The van der Waals surface area contributed by atoms with Gasteiger partial charge in [0.25, 0.3) is 0 Å². The van der Waals surface area contributed by atoms with Gasteiger partial charge in [-0.3, -0.25) is 0 Å². The van der Waals surface area contributed by atoms with Crippen LogP contribution in [-0.4, -0.2) is 0 Å². The number of hydrogen-bond donors (Lipinski definition) is 0. The lowest BCUT2D eigenvalue weighted by atomic mass is 9.80. The largest absolute Gasteiger partial charge is 0.0613 e. The smallest absolute Gasteiger partial charge is 0.0102 e. The molecule has 20 heavy (non-hydrogen) atoms. The lowest BCUT2D eigenvalue weighted by Gasteiger charge is -2.24. The van der Waals surface area contributed by atoms with Crippen molar-refractivity contribution in [2.75, 3.05) is 0 Å². The zero-order chi connectivity index (χ0) is 13.7. The van der Waals surface area contributed by atoms with Crippen LogP contribution in [-0.2, 0) is 6.42 Å². The molecule has 3 aromatic rings. The maximum atomic E-state index is 2.39. The lowest BCUT2D eigenvalue weighted by molar-refractivity contribution is 0.595. The Hall–Kier alpha value is -1.82. The number of hydrogen-bond acceptors (Lipinski definition) is 0. The second-order valence-corrected chi connectivity index (χ2v) is 6.26. The second kappa shape index (κ2) is 4.34. The van der Waals surface area contributed by atoms with Gasteiger partial charge in [0, 0.05) is 0 Å². The molecule has 1 aliphatic rings. The molecule has 1 unspecified atom stereocenters. The molecule has 0 saturated carbocycles. The summed E-state index contributed by atoms with van der Waals surface area (Å²) in [6, 6.07) is 16.0. The van der Waals surface area contributed by atoms with E-state index in [4.69, 9.17) is 0 Å². The van der Waals surface area contributed by atoms with Crippen LogP contribution in [0.1, 0.15) is 42.4 Å². The topological polar surface area (TPSA) is 0 Å². The normalized spacial score (nSPS) is 18.4. The van der Waals surface area contributed by atoms with Gasteiger partial charge in [-0.15, -0.1) is 0 Å². The fourth-order valence-electron chi connectivity index (χ4n) is 3.94. The highest BCUT2D eigenvalue weighted by molar-refractivity contribution is 6.09. The van der Waals surface area contributed by atoms with Gasteiger partial charge in [0.15, 0.2) is 0 Å². The van der Waals surface area contributed by atoms with E-state index in [1.807, 2.05) is 0 Å². The van der Waals surface area contributed by atoms with E-state index in [0.29, 0.717) is 5.92 Å². The molecule has 0 heteroatoms. The van der Waals surface area contributed by atoms with E-state index in [2.05, 4.69) is 56.3 Å². The first kappa shape index (κ1) is 12.0. The van der Waals surface area contributed by atoms with Crippen molar-refractivity contribution in [1.82, 2.24) is 0 Å². The average Bonchev–Trinajstić information content (AvgIpc) is 2.47. The minimum Gasteiger partial charge on any atom is -0.0613 e. The predicted molar refractivity (Wildman–Crippen MR) is 87.5 cm³/mol. The molecule has 4 rings (SSSR count). The number of benzene rings is 3. The Morgan fingerprint density at radius 3 is 2.50 bits per heavy atom. The standard InChI is InChI=1S/C20H20/c1-13-5-4-8-17-16(13)11-12-19-18(17)10-9-15-7-3-6-14(2)20(15)19/h4-5,8-12,14H,3,6-7H2,1-2H3. The summed E-state index contributed by atoms with van der Waals surface area (Å²) in [5, 5.41) is 5.71. The number of aryl methyl sites for hydroxylation is 2. The van der Waals surface area contributed by atoms with Crippen LogP contribution in [0.3, 0.4) is 0 Å². The van der Waals surface area contributed by atoms with Crippen molar-refractivity contribution < 1.29 is 0 Å². The van der Waals surface area contributed by atoms with Gasteiger partial charge in [-0.1, -0.05) is 49.4 Å². The minimum atomic E-state index is 0.699. The Morgan fingerprint density at radius 1 is 0.850 bits per heavy atom. The van der Waals surface area contributed by atoms with Crippen LogP contribution in [0.4, 0.5) is 0 Å². The highest BCUT2D eigenvalue weighted by Gasteiger charge is 2.19. The van der Waals surface area contributed by atoms with Crippen LogP contribution in [0.25, 0.3) is 21.5 Å². The molecule has 0 heterocycles. The summed E-state index contributed by atoms with van der Waals surface area (Å²) in [5.41, 5.74) is 4.55. The summed E-state index contributed by atoms with van der Waals surface area (Å²) in [5.74, 6) is 0.699. The van der Waals surface area contributed by atoms with Crippen molar-refractivity contribution in [1.29, 1.82) is 0 Å². The molecular weight excluding hydrogens is 240 g/mol. The van der Waals surface area contributed by atoms with Crippen LogP contribution in [0, 0.1) is 6.92 Å². The minimum absolute atomic E-state index is 0.699. The van der Waals surface area contributed by atoms with Crippen molar-refractivity contribution in [2.45, 2.75) is 39.0 Å². The van der Waals surface area contributed by atoms with Crippen molar-refractivity contribution in [3.63, 3.8) is 0 Å². The van der Waals surface area contributed by atoms with Gasteiger partial charge in [0.1, 0.15) is 0 Å². The van der Waals surface area contributed by atoms with E-state index >= 15 is 0 Å². The van der Waals surface area contributed by atoms with Crippen molar-refractivity contribution in [3.8, 4) is 0 Å². The van der Waals surface area contributed by atoms with Gasteiger partial charge in [-0.25, -0.2) is 0 Å². The first-order valence-electron chi connectivity index (χ1n) is 7.69. The van der Waals surface area contributed by atoms with Crippen LogP contribution in [0.2, 0.25) is 0 Å². The zero-order valence-corrected chi connectivity index (χ0v) is 12.2. The van der Waals surface area contributed by atoms with Crippen molar-refractivity contribution >= 4 is 21.5 Å². The third-order valence-electron chi connectivity index (χ3n) is 4.98.